The number of carboxylic acid groups (broad SMARTS) is 1. The van der Waals surface area contributed by atoms with Gasteiger partial charge < -0.3 is 19.6 Å². The molecule has 6 nitrogen and oxygen atoms in total. The largest absolute Gasteiger partial charge is 0.480 e. The van der Waals surface area contributed by atoms with E-state index in [0.717, 1.165) is 12.8 Å². The molecule has 2 saturated heterocycles. The van der Waals surface area contributed by atoms with E-state index in [1.807, 2.05) is 20.8 Å². The number of likely N-dealkylation sites (tertiary alicyclic amines) is 1. The molecule has 2 aliphatic rings. The Morgan fingerprint density at radius 1 is 1.30 bits per heavy atom. The van der Waals surface area contributed by atoms with E-state index in [-0.39, 0.29) is 17.7 Å². The van der Waals surface area contributed by atoms with Crippen LogP contribution < -0.4 is 0 Å². The second kappa shape index (κ2) is 5.60. The number of carbonyl (C=O) groups is 2. The molecule has 6 heteroatoms. The highest BCUT2D eigenvalue weighted by Gasteiger charge is 2.39. The monoisotopic (exact) mass is 284 g/mol. The highest BCUT2D eigenvalue weighted by Crippen LogP contribution is 2.24. The summed E-state index contributed by atoms with van der Waals surface area (Å²) in [6.45, 7) is 7.39. The molecule has 0 aromatic rings. The maximum atomic E-state index is 12.6. The lowest BCUT2D eigenvalue weighted by atomic mass is 10.0. The predicted octanol–water partition coefficient (Wildman–Crippen LogP) is 1.54. The van der Waals surface area contributed by atoms with Crippen LogP contribution in [0.25, 0.3) is 0 Å². The molecule has 2 heterocycles. The number of nitrogens with zero attached hydrogens (tertiary/aromatic N) is 2. The van der Waals surface area contributed by atoms with Gasteiger partial charge in [0.1, 0.15) is 6.04 Å². The first kappa shape index (κ1) is 15.1. The molecule has 0 saturated carbocycles. The maximum Gasteiger partial charge on any atom is 0.326 e. The van der Waals surface area contributed by atoms with Crippen molar-refractivity contribution in [1.82, 2.24) is 9.80 Å². The minimum absolute atomic E-state index is 0.0317. The fourth-order valence-electron chi connectivity index (χ4n) is 3.20. The average molecular weight is 284 g/mol. The Morgan fingerprint density at radius 3 is 2.60 bits per heavy atom. The highest BCUT2D eigenvalue weighted by atomic mass is 16.5. The molecule has 1 N–H and O–H groups in total. The molecule has 0 aromatic carbocycles. The van der Waals surface area contributed by atoms with E-state index >= 15 is 0 Å². The number of amides is 2. The molecule has 0 radical (unpaired) electrons. The van der Waals surface area contributed by atoms with Crippen molar-refractivity contribution in [3.63, 3.8) is 0 Å². The summed E-state index contributed by atoms with van der Waals surface area (Å²) in [5.41, 5.74) is -0.387. The van der Waals surface area contributed by atoms with E-state index < -0.39 is 12.0 Å². The van der Waals surface area contributed by atoms with Crippen LogP contribution in [0.2, 0.25) is 0 Å². The molecule has 2 atom stereocenters. The van der Waals surface area contributed by atoms with Crippen LogP contribution in [-0.2, 0) is 9.53 Å². The molecular weight excluding hydrogens is 260 g/mol. The molecule has 2 rings (SSSR count). The lowest BCUT2D eigenvalue weighted by molar-refractivity contribution is -0.144. The quantitative estimate of drug-likeness (QED) is 0.793. The summed E-state index contributed by atoms with van der Waals surface area (Å²) in [6.07, 6.45) is 2.25. The number of hydrogen-bond acceptors (Lipinski definition) is 3. The van der Waals surface area contributed by atoms with Gasteiger partial charge in [0.15, 0.2) is 0 Å². The van der Waals surface area contributed by atoms with Gasteiger partial charge in [0.05, 0.1) is 18.2 Å². The van der Waals surface area contributed by atoms with Crippen LogP contribution in [0.5, 0.6) is 0 Å². The van der Waals surface area contributed by atoms with Gasteiger partial charge in [-0.25, -0.2) is 9.59 Å². The molecule has 20 heavy (non-hydrogen) atoms. The summed E-state index contributed by atoms with van der Waals surface area (Å²) in [5.74, 6) is -0.904. The zero-order valence-electron chi connectivity index (χ0n) is 12.5. The van der Waals surface area contributed by atoms with Crippen molar-refractivity contribution in [3.8, 4) is 0 Å². The van der Waals surface area contributed by atoms with E-state index in [4.69, 9.17) is 4.74 Å². The molecule has 0 aliphatic carbocycles. The highest BCUT2D eigenvalue weighted by molar-refractivity contribution is 5.83. The van der Waals surface area contributed by atoms with Gasteiger partial charge in [-0.2, -0.15) is 0 Å². The van der Waals surface area contributed by atoms with Crippen molar-refractivity contribution < 1.29 is 19.4 Å². The van der Waals surface area contributed by atoms with E-state index in [1.54, 1.807) is 4.90 Å². The zero-order chi connectivity index (χ0) is 14.9. The third-order valence-electron chi connectivity index (χ3n) is 3.87. The third-order valence-corrected chi connectivity index (χ3v) is 3.87. The van der Waals surface area contributed by atoms with Gasteiger partial charge in [-0.3, -0.25) is 0 Å². The fourth-order valence-corrected chi connectivity index (χ4v) is 3.20. The number of carboxylic acids is 1. The van der Waals surface area contributed by atoms with Crippen LogP contribution in [0.1, 0.15) is 40.0 Å². The van der Waals surface area contributed by atoms with Crippen molar-refractivity contribution >= 4 is 12.0 Å². The van der Waals surface area contributed by atoms with E-state index in [1.165, 1.54) is 4.90 Å². The third kappa shape index (κ3) is 3.23. The molecule has 0 bridgehead atoms. The molecule has 0 aromatic heterocycles. The topological polar surface area (TPSA) is 70.1 Å². The van der Waals surface area contributed by atoms with Gasteiger partial charge in [0.25, 0.3) is 0 Å². The molecule has 2 unspecified atom stereocenters. The molecule has 2 fully saturated rings. The van der Waals surface area contributed by atoms with Crippen LogP contribution in [0.3, 0.4) is 0 Å². The first-order valence-corrected chi connectivity index (χ1v) is 7.26. The van der Waals surface area contributed by atoms with Gasteiger partial charge in [0.2, 0.25) is 0 Å². The van der Waals surface area contributed by atoms with E-state index in [0.29, 0.717) is 26.1 Å². The second-order valence-electron chi connectivity index (χ2n) is 6.39. The van der Waals surface area contributed by atoms with Gasteiger partial charge in [-0.15, -0.1) is 0 Å². The van der Waals surface area contributed by atoms with Crippen LogP contribution in [0, 0.1) is 0 Å². The maximum absolute atomic E-state index is 12.6. The van der Waals surface area contributed by atoms with Gasteiger partial charge >= 0.3 is 12.0 Å². The summed E-state index contributed by atoms with van der Waals surface area (Å²) in [5, 5.41) is 9.27. The Bertz CT molecular complexity index is 397. The zero-order valence-corrected chi connectivity index (χ0v) is 12.5. The molecular formula is C14H24N2O4. The summed E-state index contributed by atoms with van der Waals surface area (Å²) < 4.78 is 5.79. The standard InChI is InChI=1S/C14H24N2O4/c1-10-8-15(9-14(2,3)20-10)13(19)16-7-5-4-6-11(16)12(17)18/h10-11H,4-9H2,1-3H3,(H,17,18). The van der Waals surface area contributed by atoms with Crippen molar-refractivity contribution in [1.29, 1.82) is 0 Å². The van der Waals surface area contributed by atoms with Crippen LogP contribution in [0.4, 0.5) is 4.79 Å². The minimum Gasteiger partial charge on any atom is -0.480 e. The number of carbonyl (C=O) groups excluding carboxylic acids is 1. The average Bonchev–Trinajstić information content (AvgIpc) is 2.35. The van der Waals surface area contributed by atoms with Gasteiger partial charge in [0, 0.05) is 13.1 Å². The van der Waals surface area contributed by atoms with Crippen molar-refractivity contribution in [3.05, 3.63) is 0 Å². The van der Waals surface area contributed by atoms with Crippen LogP contribution in [-0.4, -0.2) is 64.3 Å². The molecule has 2 aliphatic heterocycles. The number of rotatable bonds is 1. The Kier molecular flexibility index (Phi) is 4.22. The number of hydrogen-bond donors (Lipinski definition) is 1. The van der Waals surface area contributed by atoms with Gasteiger partial charge in [-0.1, -0.05) is 0 Å². The molecule has 0 spiro atoms. The lowest BCUT2D eigenvalue weighted by Gasteiger charge is -2.44. The smallest absolute Gasteiger partial charge is 0.326 e. The number of morpholine rings is 1. The van der Waals surface area contributed by atoms with Crippen LogP contribution in [0.15, 0.2) is 0 Å². The Hall–Kier alpha value is -1.30. The number of piperidine rings is 1. The van der Waals surface area contributed by atoms with Crippen molar-refractivity contribution in [2.75, 3.05) is 19.6 Å². The lowest BCUT2D eigenvalue weighted by Crippen LogP contribution is -2.60. The number of ether oxygens (including phenoxy) is 1. The SMILES string of the molecule is CC1CN(C(=O)N2CCCCC2C(=O)O)CC(C)(C)O1. The summed E-state index contributed by atoms with van der Waals surface area (Å²) in [6, 6.07) is -0.849. The van der Waals surface area contributed by atoms with Crippen molar-refractivity contribution in [2.45, 2.75) is 57.8 Å². The van der Waals surface area contributed by atoms with E-state index in [9.17, 15) is 14.7 Å². The Morgan fingerprint density at radius 2 is 2.00 bits per heavy atom. The van der Waals surface area contributed by atoms with E-state index in [2.05, 4.69) is 0 Å². The normalized spacial score (nSPS) is 30.1. The summed E-state index contributed by atoms with van der Waals surface area (Å²) in [7, 11) is 0. The first-order valence-electron chi connectivity index (χ1n) is 7.26. The summed E-state index contributed by atoms with van der Waals surface area (Å²) in [4.78, 5) is 27.2. The first-order chi connectivity index (χ1) is 9.30. The Balaban J connectivity index is 2.10. The predicted molar refractivity (Wildman–Crippen MR) is 73.6 cm³/mol. The Labute approximate surface area is 119 Å². The second-order valence-corrected chi connectivity index (χ2v) is 6.39. The van der Waals surface area contributed by atoms with Gasteiger partial charge in [-0.05, 0) is 40.0 Å². The van der Waals surface area contributed by atoms with Crippen molar-refractivity contribution in [2.24, 2.45) is 0 Å². The number of urea groups is 1. The number of aliphatic carboxylic acids is 1. The molecule has 114 valence electrons. The van der Waals surface area contributed by atoms with Crippen LogP contribution >= 0.6 is 0 Å². The minimum atomic E-state index is -0.904. The summed E-state index contributed by atoms with van der Waals surface area (Å²) >= 11 is 0. The molecule has 2 amide bonds. The fraction of sp³-hybridized carbons (Fsp3) is 0.857.